The zero-order valence-electron chi connectivity index (χ0n) is 18.2. The Labute approximate surface area is 195 Å². The topological polar surface area (TPSA) is 63.7 Å². The number of carbonyl (C=O) groups excluding carboxylic acids is 1. The van der Waals surface area contributed by atoms with Gasteiger partial charge in [0.2, 0.25) is 0 Å². The molecule has 0 unspecified atom stereocenters. The summed E-state index contributed by atoms with van der Waals surface area (Å²) in [5.41, 5.74) is 0.870. The van der Waals surface area contributed by atoms with Gasteiger partial charge in [0, 0.05) is 50.2 Å². The summed E-state index contributed by atoms with van der Waals surface area (Å²) >= 11 is 0. The third-order valence-electron chi connectivity index (χ3n) is 5.16. The average Bonchev–Trinajstić information content (AvgIpc) is 2.71. The number of aromatic nitrogens is 1. The molecule has 1 aromatic carbocycles. The molecule has 0 aliphatic carbocycles. The lowest BCUT2D eigenvalue weighted by Crippen LogP contribution is -2.51. The maximum atomic E-state index is 13.8. The van der Waals surface area contributed by atoms with E-state index < -0.39 is 0 Å². The van der Waals surface area contributed by atoms with E-state index in [0.717, 1.165) is 25.9 Å². The molecule has 31 heavy (non-hydrogen) atoms. The SMILES string of the molecule is COCCCOc1cc(C(=O)N(C(C)C)[C@@H]2CCCNC2)nc2ccc(F)cc12.Cl.Cl. The predicted octanol–water partition coefficient (Wildman–Crippen LogP) is 4.24. The number of ether oxygens (including phenoxy) is 2. The summed E-state index contributed by atoms with van der Waals surface area (Å²) in [6.07, 6.45) is 2.71. The van der Waals surface area contributed by atoms with Gasteiger partial charge in [-0.2, -0.15) is 0 Å². The van der Waals surface area contributed by atoms with Crippen molar-refractivity contribution >= 4 is 41.6 Å². The first kappa shape index (κ1) is 27.4. The van der Waals surface area contributed by atoms with Crippen LogP contribution in [0, 0.1) is 5.82 Å². The van der Waals surface area contributed by atoms with Crippen LogP contribution in [-0.4, -0.2) is 61.3 Å². The smallest absolute Gasteiger partial charge is 0.273 e. The lowest BCUT2D eigenvalue weighted by atomic mass is 10.0. The quantitative estimate of drug-likeness (QED) is 0.578. The van der Waals surface area contributed by atoms with Crippen LogP contribution in [0.1, 0.15) is 43.6 Å². The van der Waals surface area contributed by atoms with Crippen molar-refractivity contribution < 1.29 is 18.7 Å². The fourth-order valence-corrected chi connectivity index (χ4v) is 3.81. The van der Waals surface area contributed by atoms with Crippen LogP contribution in [0.15, 0.2) is 24.3 Å². The van der Waals surface area contributed by atoms with Gasteiger partial charge in [-0.25, -0.2) is 9.37 Å². The number of hydrogen-bond acceptors (Lipinski definition) is 5. The Morgan fingerprint density at radius 1 is 1.29 bits per heavy atom. The molecule has 0 bridgehead atoms. The second-order valence-electron chi connectivity index (χ2n) is 7.67. The van der Waals surface area contributed by atoms with Crippen LogP contribution in [0.2, 0.25) is 0 Å². The van der Waals surface area contributed by atoms with E-state index in [1.807, 2.05) is 18.7 Å². The molecule has 1 aromatic heterocycles. The molecule has 0 radical (unpaired) electrons. The number of piperidine rings is 1. The third kappa shape index (κ3) is 6.91. The summed E-state index contributed by atoms with van der Waals surface area (Å²) in [7, 11) is 1.63. The number of hydrogen-bond donors (Lipinski definition) is 1. The van der Waals surface area contributed by atoms with Crippen molar-refractivity contribution in [2.24, 2.45) is 0 Å². The molecular weight excluding hydrogens is 444 g/mol. The van der Waals surface area contributed by atoms with Gasteiger partial charge >= 0.3 is 0 Å². The summed E-state index contributed by atoms with van der Waals surface area (Å²) in [6.45, 7) is 6.78. The number of fused-ring (bicyclic) bond motifs is 1. The Balaban J connectivity index is 0.00000240. The fourth-order valence-electron chi connectivity index (χ4n) is 3.81. The Bertz CT molecular complexity index is 848. The lowest BCUT2D eigenvalue weighted by molar-refractivity contribution is 0.0567. The number of benzene rings is 1. The van der Waals surface area contributed by atoms with Gasteiger partial charge < -0.3 is 19.7 Å². The second-order valence-corrected chi connectivity index (χ2v) is 7.67. The summed E-state index contributed by atoms with van der Waals surface area (Å²) < 4.78 is 24.7. The summed E-state index contributed by atoms with van der Waals surface area (Å²) in [5, 5.41) is 3.94. The third-order valence-corrected chi connectivity index (χ3v) is 5.16. The molecule has 1 fully saturated rings. The first-order valence-corrected chi connectivity index (χ1v) is 10.3. The van der Waals surface area contributed by atoms with Gasteiger partial charge in [-0.3, -0.25) is 4.79 Å². The number of halogens is 3. The van der Waals surface area contributed by atoms with Crippen LogP contribution in [-0.2, 0) is 4.74 Å². The van der Waals surface area contributed by atoms with Gasteiger partial charge in [0.15, 0.2) is 0 Å². The van der Waals surface area contributed by atoms with E-state index in [-0.39, 0.29) is 48.6 Å². The van der Waals surface area contributed by atoms with E-state index in [1.54, 1.807) is 19.2 Å². The fraction of sp³-hybridized carbons (Fsp3) is 0.545. The normalized spacial score (nSPS) is 15.8. The van der Waals surface area contributed by atoms with Crippen molar-refractivity contribution in [1.29, 1.82) is 0 Å². The largest absolute Gasteiger partial charge is 0.493 e. The monoisotopic (exact) mass is 475 g/mol. The number of carbonyl (C=O) groups is 1. The predicted molar refractivity (Wildman–Crippen MR) is 125 cm³/mol. The number of rotatable bonds is 8. The van der Waals surface area contributed by atoms with Crippen LogP contribution in [0.25, 0.3) is 10.9 Å². The van der Waals surface area contributed by atoms with E-state index in [2.05, 4.69) is 10.3 Å². The number of nitrogens with one attached hydrogen (secondary N) is 1. The van der Waals surface area contributed by atoms with E-state index in [4.69, 9.17) is 9.47 Å². The average molecular weight is 476 g/mol. The van der Waals surface area contributed by atoms with Gasteiger partial charge in [-0.1, -0.05) is 0 Å². The maximum Gasteiger partial charge on any atom is 0.273 e. The van der Waals surface area contributed by atoms with Crippen LogP contribution >= 0.6 is 24.8 Å². The number of amides is 1. The number of methoxy groups -OCH3 is 1. The Kier molecular flexibility index (Phi) is 11.5. The minimum atomic E-state index is -0.364. The van der Waals surface area contributed by atoms with Crippen LogP contribution in [0.4, 0.5) is 4.39 Å². The Morgan fingerprint density at radius 3 is 2.71 bits per heavy atom. The number of pyridine rings is 1. The van der Waals surface area contributed by atoms with Crippen LogP contribution < -0.4 is 10.1 Å². The van der Waals surface area contributed by atoms with Crippen LogP contribution in [0.3, 0.4) is 0 Å². The van der Waals surface area contributed by atoms with E-state index in [0.29, 0.717) is 42.0 Å². The molecule has 0 spiro atoms. The molecule has 2 heterocycles. The van der Waals surface area contributed by atoms with Gasteiger partial charge in [0.05, 0.1) is 12.1 Å². The highest BCUT2D eigenvalue weighted by Crippen LogP contribution is 2.28. The maximum absolute atomic E-state index is 13.8. The number of nitrogens with zero attached hydrogens (tertiary/aromatic N) is 2. The molecule has 1 N–H and O–H groups in total. The van der Waals surface area contributed by atoms with E-state index in [1.165, 1.54) is 12.1 Å². The molecule has 1 saturated heterocycles. The van der Waals surface area contributed by atoms with Crippen molar-refractivity contribution in [3.8, 4) is 5.75 Å². The minimum absolute atomic E-state index is 0. The standard InChI is InChI=1S/C22H30FN3O3.2ClH/c1-15(2)26(17-6-4-9-24-14-17)22(27)20-13-21(29-11-5-10-28-3)18-12-16(23)7-8-19(18)25-20;;/h7-8,12-13,15,17,24H,4-6,9-11,14H2,1-3H3;2*1H/t17-;;/m1../s1. The van der Waals surface area contributed by atoms with Gasteiger partial charge in [-0.15, -0.1) is 24.8 Å². The molecule has 6 nitrogen and oxygen atoms in total. The molecule has 1 aliphatic heterocycles. The summed E-state index contributed by atoms with van der Waals surface area (Å²) in [6, 6.07) is 6.16. The van der Waals surface area contributed by atoms with Crippen molar-refractivity contribution in [2.75, 3.05) is 33.4 Å². The zero-order valence-corrected chi connectivity index (χ0v) is 19.9. The molecule has 174 valence electrons. The first-order valence-electron chi connectivity index (χ1n) is 10.3. The van der Waals surface area contributed by atoms with E-state index >= 15 is 0 Å². The highest BCUT2D eigenvalue weighted by Gasteiger charge is 2.29. The molecule has 3 rings (SSSR count). The summed E-state index contributed by atoms with van der Waals surface area (Å²) in [4.78, 5) is 19.8. The lowest BCUT2D eigenvalue weighted by Gasteiger charge is -2.37. The van der Waals surface area contributed by atoms with Crippen LogP contribution in [0.5, 0.6) is 5.75 Å². The molecule has 1 atom stereocenters. The van der Waals surface area contributed by atoms with Gasteiger partial charge in [-0.05, 0) is 51.4 Å². The second kappa shape index (κ2) is 13.0. The van der Waals surface area contributed by atoms with Gasteiger partial charge in [0.1, 0.15) is 17.3 Å². The molecular formula is C22H32Cl2FN3O3. The molecule has 2 aromatic rings. The molecule has 1 amide bonds. The minimum Gasteiger partial charge on any atom is -0.493 e. The molecule has 9 heteroatoms. The highest BCUT2D eigenvalue weighted by molar-refractivity contribution is 5.97. The zero-order chi connectivity index (χ0) is 20.8. The van der Waals surface area contributed by atoms with Crippen molar-refractivity contribution in [1.82, 2.24) is 15.2 Å². The highest BCUT2D eigenvalue weighted by atomic mass is 35.5. The molecule has 0 saturated carbocycles. The van der Waals surface area contributed by atoms with Crippen molar-refractivity contribution in [3.63, 3.8) is 0 Å². The molecule has 1 aliphatic rings. The van der Waals surface area contributed by atoms with Gasteiger partial charge in [0.25, 0.3) is 5.91 Å². The first-order chi connectivity index (χ1) is 14.0. The Hall–Kier alpha value is -1.67. The van der Waals surface area contributed by atoms with Crippen molar-refractivity contribution in [3.05, 3.63) is 35.8 Å². The van der Waals surface area contributed by atoms with Crippen molar-refractivity contribution in [2.45, 2.75) is 45.2 Å². The Morgan fingerprint density at radius 2 is 2.06 bits per heavy atom. The van der Waals surface area contributed by atoms with E-state index in [9.17, 15) is 9.18 Å². The summed E-state index contributed by atoms with van der Waals surface area (Å²) in [5.74, 6) is -0.0155.